The second-order valence-electron chi connectivity index (χ2n) is 5.97. The van der Waals surface area contributed by atoms with Crippen LogP contribution >= 0.6 is 0 Å². The molecule has 0 spiro atoms. The summed E-state index contributed by atoms with van der Waals surface area (Å²) in [6, 6.07) is 7.56. The van der Waals surface area contributed by atoms with E-state index in [1.807, 2.05) is 24.3 Å². The third-order valence-corrected chi connectivity index (χ3v) is 3.99. The minimum Gasteiger partial charge on any atom is -0.435 e. The topological polar surface area (TPSA) is 71.1 Å². The number of piperidine rings is 1. The van der Waals surface area contributed by atoms with E-state index in [9.17, 15) is 5.11 Å². The lowest BCUT2D eigenvalue weighted by molar-refractivity contribution is 0.0157. The minimum absolute atomic E-state index is 0.175. The minimum atomic E-state index is -0.534. The van der Waals surface area contributed by atoms with Crippen molar-refractivity contribution in [2.45, 2.75) is 32.3 Å². The van der Waals surface area contributed by atoms with Crippen LogP contribution in [-0.4, -0.2) is 53.0 Å². The van der Waals surface area contributed by atoms with E-state index in [-0.39, 0.29) is 6.61 Å². The summed E-state index contributed by atoms with van der Waals surface area (Å²) in [5.74, 6) is 0.441. The summed E-state index contributed by atoms with van der Waals surface area (Å²) in [6.07, 6.45) is 3.18. The van der Waals surface area contributed by atoms with Gasteiger partial charge in [-0.2, -0.15) is 0 Å². The van der Waals surface area contributed by atoms with E-state index in [1.54, 1.807) is 6.92 Å². The number of nitrogens with zero attached hydrogens (tertiary/aromatic N) is 3. The molecule has 3 rings (SSSR count). The first-order valence-electron chi connectivity index (χ1n) is 8.15. The number of rotatable bonds is 6. The number of aliphatic hydroxyl groups excluding tert-OH is 1. The van der Waals surface area contributed by atoms with Crippen LogP contribution in [0, 0.1) is 0 Å². The Morgan fingerprint density at radius 2 is 2.13 bits per heavy atom. The number of aliphatic hydroxyl groups is 1. The number of aromatic nitrogens is 1. The van der Waals surface area contributed by atoms with E-state index in [0.717, 1.165) is 24.2 Å². The molecule has 6 heteroatoms. The molecule has 1 atom stereocenters. The van der Waals surface area contributed by atoms with Crippen molar-refractivity contribution in [3.05, 3.63) is 30.2 Å². The SMILES string of the molecule is C/C(=N\OCC(O)CN1CCCCC1)c1nc2ccccc2o1. The zero-order chi connectivity index (χ0) is 16.1. The second-order valence-corrected chi connectivity index (χ2v) is 5.97. The smallest absolute Gasteiger partial charge is 0.245 e. The average molecular weight is 317 g/mol. The summed E-state index contributed by atoms with van der Waals surface area (Å²) in [5.41, 5.74) is 2.08. The summed E-state index contributed by atoms with van der Waals surface area (Å²) in [6.45, 7) is 4.71. The molecule has 2 aromatic rings. The van der Waals surface area contributed by atoms with Gasteiger partial charge < -0.3 is 19.3 Å². The van der Waals surface area contributed by atoms with Crippen LogP contribution in [0.1, 0.15) is 32.1 Å². The Balaban J connectivity index is 1.50. The van der Waals surface area contributed by atoms with Crippen molar-refractivity contribution < 1.29 is 14.4 Å². The van der Waals surface area contributed by atoms with Gasteiger partial charge in [0, 0.05) is 6.54 Å². The van der Waals surface area contributed by atoms with Gasteiger partial charge in [-0.1, -0.05) is 23.7 Å². The molecule has 0 aliphatic carbocycles. The van der Waals surface area contributed by atoms with Crippen LogP contribution in [-0.2, 0) is 4.84 Å². The van der Waals surface area contributed by atoms with Crippen molar-refractivity contribution in [2.75, 3.05) is 26.2 Å². The summed E-state index contributed by atoms with van der Waals surface area (Å²) in [7, 11) is 0. The molecule has 23 heavy (non-hydrogen) atoms. The van der Waals surface area contributed by atoms with E-state index in [1.165, 1.54) is 19.3 Å². The molecule has 1 fully saturated rings. The van der Waals surface area contributed by atoms with Gasteiger partial charge in [0.2, 0.25) is 5.89 Å². The van der Waals surface area contributed by atoms with Crippen LogP contribution in [0.4, 0.5) is 0 Å². The lowest BCUT2D eigenvalue weighted by Crippen LogP contribution is -2.38. The fraction of sp³-hybridized carbons (Fsp3) is 0.529. The highest BCUT2D eigenvalue weighted by atomic mass is 16.6. The lowest BCUT2D eigenvalue weighted by Gasteiger charge is -2.27. The number of likely N-dealkylation sites (tertiary alicyclic amines) is 1. The first-order chi connectivity index (χ1) is 11.2. The van der Waals surface area contributed by atoms with Gasteiger partial charge in [-0.3, -0.25) is 0 Å². The molecule has 1 aliphatic rings. The monoisotopic (exact) mass is 317 g/mol. The summed E-state index contributed by atoms with van der Waals surface area (Å²) in [4.78, 5) is 11.9. The molecule has 1 aromatic carbocycles. The van der Waals surface area contributed by atoms with Crippen LogP contribution in [0.25, 0.3) is 11.1 Å². The van der Waals surface area contributed by atoms with Gasteiger partial charge in [0.15, 0.2) is 5.58 Å². The second kappa shape index (κ2) is 7.57. The number of hydrogen-bond donors (Lipinski definition) is 1. The summed E-state index contributed by atoms with van der Waals surface area (Å²) < 4.78 is 5.62. The molecule has 1 unspecified atom stereocenters. The van der Waals surface area contributed by atoms with E-state index < -0.39 is 6.10 Å². The Bertz CT molecular complexity index is 629. The molecular weight excluding hydrogens is 294 g/mol. The van der Waals surface area contributed by atoms with Gasteiger partial charge >= 0.3 is 0 Å². The van der Waals surface area contributed by atoms with Crippen molar-refractivity contribution in [1.82, 2.24) is 9.88 Å². The van der Waals surface area contributed by atoms with Crippen LogP contribution in [0.15, 0.2) is 33.8 Å². The molecule has 2 heterocycles. The number of benzene rings is 1. The van der Waals surface area contributed by atoms with Crippen LogP contribution in [0.2, 0.25) is 0 Å². The van der Waals surface area contributed by atoms with E-state index >= 15 is 0 Å². The predicted octanol–water partition coefficient (Wildman–Crippen LogP) is 2.42. The van der Waals surface area contributed by atoms with Crippen molar-refractivity contribution in [1.29, 1.82) is 0 Å². The number of para-hydroxylation sites is 2. The highest BCUT2D eigenvalue weighted by Gasteiger charge is 2.15. The molecule has 124 valence electrons. The fourth-order valence-corrected chi connectivity index (χ4v) is 2.78. The summed E-state index contributed by atoms with van der Waals surface area (Å²) in [5, 5.41) is 14.0. The number of oxime groups is 1. The first-order valence-corrected chi connectivity index (χ1v) is 8.15. The molecule has 6 nitrogen and oxygen atoms in total. The predicted molar refractivity (Wildman–Crippen MR) is 88.5 cm³/mol. The molecule has 0 bridgehead atoms. The fourth-order valence-electron chi connectivity index (χ4n) is 2.78. The maximum atomic E-state index is 10.0. The van der Waals surface area contributed by atoms with Gasteiger partial charge in [-0.15, -0.1) is 0 Å². The molecular formula is C17H23N3O3. The molecule has 0 saturated carbocycles. The number of β-amino-alcohol motifs (C(OH)–C–C–N with tert-alkyl or cyclic N) is 1. The third kappa shape index (κ3) is 4.30. The maximum Gasteiger partial charge on any atom is 0.245 e. The first kappa shape index (κ1) is 16.0. The maximum absolute atomic E-state index is 10.0. The Hall–Kier alpha value is -1.92. The zero-order valence-corrected chi connectivity index (χ0v) is 13.4. The van der Waals surface area contributed by atoms with Crippen LogP contribution in [0.5, 0.6) is 0 Å². The van der Waals surface area contributed by atoms with E-state index in [4.69, 9.17) is 9.25 Å². The van der Waals surface area contributed by atoms with E-state index in [2.05, 4.69) is 15.0 Å². The van der Waals surface area contributed by atoms with Crippen molar-refractivity contribution in [2.24, 2.45) is 5.16 Å². The van der Waals surface area contributed by atoms with Gasteiger partial charge in [-0.25, -0.2) is 4.98 Å². The molecule has 1 N–H and O–H groups in total. The molecule has 1 aromatic heterocycles. The van der Waals surface area contributed by atoms with E-state index in [0.29, 0.717) is 18.1 Å². The Morgan fingerprint density at radius 3 is 2.91 bits per heavy atom. The molecule has 0 radical (unpaired) electrons. The Labute approximate surface area is 135 Å². The third-order valence-electron chi connectivity index (χ3n) is 3.99. The average Bonchev–Trinajstić information content (AvgIpc) is 3.00. The Morgan fingerprint density at radius 1 is 1.35 bits per heavy atom. The normalized spacial score (nSPS) is 18.3. The van der Waals surface area contributed by atoms with Gasteiger partial charge in [0.05, 0.1) is 0 Å². The van der Waals surface area contributed by atoms with Crippen LogP contribution in [0.3, 0.4) is 0 Å². The molecule has 1 aliphatic heterocycles. The van der Waals surface area contributed by atoms with Gasteiger partial charge in [0.1, 0.15) is 23.9 Å². The lowest BCUT2D eigenvalue weighted by atomic mass is 10.1. The van der Waals surface area contributed by atoms with Gasteiger partial charge in [0.25, 0.3) is 0 Å². The largest absolute Gasteiger partial charge is 0.435 e. The van der Waals surface area contributed by atoms with Gasteiger partial charge in [-0.05, 0) is 45.0 Å². The number of oxazole rings is 1. The van der Waals surface area contributed by atoms with Crippen molar-refractivity contribution in [3.63, 3.8) is 0 Å². The number of fused-ring (bicyclic) bond motifs is 1. The Kier molecular flexibility index (Phi) is 5.25. The van der Waals surface area contributed by atoms with Crippen LogP contribution < -0.4 is 0 Å². The van der Waals surface area contributed by atoms with Crippen molar-refractivity contribution in [3.8, 4) is 0 Å². The zero-order valence-electron chi connectivity index (χ0n) is 13.4. The molecule has 1 saturated heterocycles. The standard InChI is InChI=1S/C17H23N3O3/c1-13(17-18-15-7-3-4-8-16(15)23-17)19-22-12-14(21)11-20-9-5-2-6-10-20/h3-4,7-8,14,21H,2,5-6,9-12H2,1H3/b19-13+. The highest BCUT2D eigenvalue weighted by molar-refractivity contribution is 5.96. The highest BCUT2D eigenvalue weighted by Crippen LogP contribution is 2.15. The quantitative estimate of drug-likeness (QED) is 0.654. The number of hydrogen-bond acceptors (Lipinski definition) is 6. The summed E-state index contributed by atoms with van der Waals surface area (Å²) >= 11 is 0. The van der Waals surface area contributed by atoms with Crippen molar-refractivity contribution >= 4 is 16.8 Å². The molecule has 0 amide bonds.